The molecule has 3 N–H and O–H groups in total. The van der Waals surface area contributed by atoms with Crippen molar-refractivity contribution in [3.05, 3.63) is 36.5 Å². The van der Waals surface area contributed by atoms with Gasteiger partial charge < -0.3 is 15.5 Å². The van der Waals surface area contributed by atoms with Crippen molar-refractivity contribution < 1.29 is 15.0 Å². The molecule has 0 fully saturated rings. The summed E-state index contributed by atoms with van der Waals surface area (Å²) in [5.74, 6) is -0.0740. The lowest BCUT2D eigenvalue weighted by Gasteiger charge is -2.19. The van der Waals surface area contributed by atoms with E-state index in [0.717, 1.165) is 32.1 Å². The van der Waals surface area contributed by atoms with Crippen LogP contribution in [0, 0.1) is 0 Å². The van der Waals surface area contributed by atoms with E-state index in [-0.39, 0.29) is 12.5 Å². The Balaban J connectivity index is 3.53. The quantitative estimate of drug-likeness (QED) is 0.0430. The van der Waals surface area contributed by atoms with E-state index in [9.17, 15) is 15.0 Å². The number of rotatable bonds is 43. The summed E-state index contributed by atoms with van der Waals surface area (Å²) in [4.78, 5) is 12.4. The maximum Gasteiger partial charge on any atom is 0.220 e. The minimum atomic E-state index is -0.861. The molecule has 0 aromatic carbocycles. The van der Waals surface area contributed by atoms with Gasteiger partial charge in [-0.1, -0.05) is 224 Å². The number of hydrogen-bond acceptors (Lipinski definition) is 3. The highest BCUT2D eigenvalue weighted by Crippen LogP contribution is 2.15. The number of nitrogens with one attached hydrogen (secondary N) is 1. The third-order valence-electron chi connectivity index (χ3n) is 10.8. The van der Waals surface area contributed by atoms with E-state index >= 15 is 0 Å². The Morgan fingerprint density at radius 1 is 0.434 bits per heavy atom. The van der Waals surface area contributed by atoms with Gasteiger partial charge in [0.2, 0.25) is 5.91 Å². The minimum Gasteiger partial charge on any atom is -0.394 e. The van der Waals surface area contributed by atoms with Crippen LogP contribution in [0.2, 0.25) is 0 Å². The highest BCUT2D eigenvalue weighted by atomic mass is 16.3. The zero-order chi connectivity index (χ0) is 38.6. The Morgan fingerprint density at radius 3 is 1.09 bits per heavy atom. The summed E-state index contributed by atoms with van der Waals surface area (Å²) in [7, 11) is 0. The van der Waals surface area contributed by atoms with Crippen LogP contribution >= 0.6 is 0 Å². The summed E-state index contributed by atoms with van der Waals surface area (Å²) in [5.41, 5.74) is 0. The van der Waals surface area contributed by atoms with E-state index < -0.39 is 12.1 Å². The van der Waals surface area contributed by atoms with Crippen LogP contribution < -0.4 is 5.32 Å². The fourth-order valence-electron chi connectivity index (χ4n) is 7.19. The standard InChI is InChI=1S/C49H93NO3/c1-3-5-7-9-11-13-15-17-19-20-21-22-23-24-25-26-27-28-29-31-33-35-37-39-41-43-45-49(53)50-47(46-51)48(52)44-42-40-38-36-34-32-30-18-16-14-12-10-8-6-4-2/h24-25,34,36,42,44,47-48,51-52H,3-23,26-33,35,37-41,43,45-46H2,1-2H3,(H,50,53)/b25-24-,36-34+,44-42+. The average Bonchev–Trinajstić information content (AvgIpc) is 3.16. The van der Waals surface area contributed by atoms with E-state index in [1.165, 1.54) is 199 Å². The first-order chi connectivity index (χ1) is 26.2. The summed E-state index contributed by atoms with van der Waals surface area (Å²) < 4.78 is 0. The van der Waals surface area contributed by atoms with Gasteiger partial charge in [-0.2, -0.15) is 0 Å². The molecule has 0 aliphatic heterocycles. The topological polar surface area (TPSA) is 69.6 Å². The van der Waals surface area contributed by atoms with E-state index in [0.29, 0.717) is 6.42 Å². The molecule has 1 amide bonds. The molecule has 4 nitrogen and oxygen atoms in total. The van der Waals surface area contributed by atoms with Crippen LogP contribution in [-0.4, -0.2) is 34.9 Å². The Bertz CT molecular complexity index is 806. The largest absolute Gasteiger partial charge is 0.394 e. The lowest BCUT2D eigenvalue weighted by molar-refractivity contribution is -0.123. The molecular weight excluding hydrogens is 651 g/mol. The summed E-state index contributed by atoms with van der Waals surface area (Å²) in [5, 5.41) is 23.0. The second-order valence-electron chi connectivity index (χ2n) is 16.2. The average molecular weight is 744 g/mol. The molecular formula is C49H93NO3. The van der Waals surface area contributed by atoms with E-state index in [1.807, 2.05) is 6.08 Å². The van der Waals surface area contributed by atoms with E-state index in [1.54, 1.807) is 6.08 Å². The number of hydrogen-bond donors (Lipinski definition) is 3. The van der Waals surface area contributed by atoms with Crippen molar-refractivity contribution in [2.24, 2.45) is 0 Å². The van der Waals surface area contributed by atoms with Gasteiger partial charge in [0.15, 0.2) is 0 Å². The van der Waals surface area contributed by atoms with Crippen LogP contribution in [0.5, 0.6) is 0 Å². The fourth-order valence-corrected chi connectivity index (χ4v) is 7.19. The lowest BCUT2D eigenvalue weighted by Crippen LogP contribution is -2.45. The number of unbranched alkanes of at least 4 members (excludes halogenated alkanes) is 32. The lowest BCUT2D eigenvalue weighted by atomic mass is 10.0. The van der Waals surface area contributed by atoms with E-state index in [2.05, 4.69) is 43.5 Å². The first-order valence-electron chi connectivity index (χ1n) is 23.7. The van der Waals surface area contributed by atoms with Gasteiger partial charge in [-0.15, -0.1) is 0 Å². The van der Waals surface area contributed by atoms with Crippen molar-refractivity contribution in [1.29, 1.82) is 0 Å². The fraction of sp³-hybridized carbons (Fsp3) is 0.857. The van der Waals surface area contributed by atoms with Gasteiger partial charge in [0.05, 0.1) is 18.8 Å². The van der Waals surface area contributed by atoms with Gasteiger partial charge in [-0.05, 0) is 57.8 Å². The molecule has 2 atom stereocenters. The number of aliphatic hydroxyl groups excluding tert-OH is 2. The highest BCUT2D eigenvalue weighted by molar-refractivity contribution is 5.76. The summed E-state index contributed by atoms with van der Waals surface area (Å²) in [6, 6.07) is -0.638. The van der Waals surface area contributed by atoms with Gasteiger partial charge in [0.1, 0.15) is 0 Å². The molecule has 0 rings (SSSR count). The minimum absolute atomic E-state index is 0.0740. The first kappa shape index (κ1) is 51.6. The molecule has 4 heteroatoms. The summed E-state index contributed by atoms with van der Waals surface area (Å²) in [6.07, 6.45) is 59.8. The third kappa shape index (κ3) is 41.6. The molecule has 0 aromatic heterocycles. The second-order valence-corrected chi connectivity index (χ2v) is 16.2. The molecule has 0 saturated carbocycles. The molecule has 2 unspecified atom stereocenters. The van der Waals surface area contributed by atoms with Crippen molar-refractivity contribution >= 4 is 5.91 Å². The molecule has 0 spiro atoms. The van der Waals surface area contributed by atoms with Gasteiger partial charge >= 0.3 is 0 Å². The number of allylic oxidation sites excluding steroid dienone is 5. The molecule has 0 radical (unpaired) electrons. The second kappa shape index (κ2) is 45.0. The molecule has 0 aliphatic carbocycles. The van der Waals surface area contributed by atoms with Gasteiger partial charge in [-0.25, -0.2) is 0 Å². The van der Waals surface area contributed by atoms with Crippen LogP contribution in [0.25, 0.3) is 0 Å². The predicted molar refractivity (Wildman–Crippen MR) is 235 cm³/mol. The molecule has 53 heavy (non-hydrogen) atoms. The predicted octanol–water partition coefficient (Wildman–Crippen LogP) is 15.0. The SMILES string of the molecule is CCCCCCCCCCC/C=C/CC/C=C/C(O)C(CO)NC(=O)CCCCCCCCCCCC/C=C\CCCCCCCCCCCCCC. The smallest absolute Gasteiger partial charge is 0.220 e. The Hall–Kier alpha value is -1.39. The van der Waals surface area contributed by atoms with Crippen LogP contribution in [-0.2, 0) is 4.79 Å². The van der Waals surface area contributed by atoms with Crippen LogP contribution in [0.3, 0.4) is 0 Å². The molecule has 312 valence electrons. The Morgan fingerprint density at radius 2 is 0.736 bits per heavy atom. The van der Waals surface area contributed by atoms with Crippen molar-refractivity contribution in [1.82, 2.24) is 5.32 Å². The normalized spacial score (nSPS) is 13.2. The molecule has 0 aromatic rings. The number of carbonyl (C=O) groups is 1. The highest BCUT2D eigenvalue weighted by Gasteiger charge is 2.17. The molecule has 0 saturated heterocycles. The summed E-state index contributed by atoms with van der Waals surface area (Å²) in [6.45, 7) is 4.31. The van der Waals surface area contributed by atoms with Crippen LogP contribution in [0.4, 0.5) is 0 Å². The van der Waals surface area contributed by atoms with Crippen molar-refractivity contribution in [2.45, 2.75) is 264 Å². The number of aliphatic hydroxyl groups is 2. The first-order valence-corrected chi connectivity index (χ1v) is 23.7. The molecule has 0 aliphatic rings. The molecule has 0 bridgehead atoms. The number of amides is 1. The monoisotopic (exact) mass is 744 g/mol. The zero-order valence-electron chi connectivity index (χ0n) is 35.8. The number of carbonyl (C=O) groups excluding carboxylic acids is 1. The Kier molecular flexibility index (Phi) is 43.8. The van der Waals surface area contributed by atoms with Crippen molar-refractivity contribution in [2.75, 3.05) is 6.61 Å². The molecule has 0 heterocycles. The summed E-state index contributed by atoms with van der Waals surface area (Å²) >= 11 is 0. The van der Waals surface area contributed by atoms with Gasteiger partial charge in [0, 0.05) is 6.42 Å². The van der Waals surface area contributed by atoms with Gasteiger partial charge in [-0.3, -0.25) is 4.79 Å². The maximum atomic E-state index is 12.4. The van der Waals surface area contributed by atoms with Crippen LogP contribution in [0.1, 0.15) is 251 Å². The Labute approximate surface area is 331 Å². The van der Waals surface area contributed by atoms with E-state index in [4.69, 9.17) is 0 Å². The van der Waals surface area contributed by atoms with Gasteiger partial charge in [0.25, 0.3) is 0 Å². The van der Waals surface area contributed by atoms with Crippen LogP contribution in [0.15, 0.2) is 36.5 Å². The van der Waals surface area contributed by atoms with Crippen molar-refractivity contribution in [3.63, 3.8) is 0 Å². The zero-order valence-corrected chi connectivity index (χ0v) is 35.8. The van der Waals surface area contributed by atoms with Crippen molar-refractivity contribution in [3.8, 4) is 0 Å². The maximum absolute atomic E-state index is 12.4. The third-order valence-corrected chi connectivity index (χ3v) is 10.8.